The van der Waals surface area contributed by atoms with Gasteiger partial charge in [-0.2, -0.15) is 0 Å². The molecule has 2 aromatic carbocycles. The fourth-order valence-electron chi connectivity index (χ4n) is 3.39. The van der Waals surface area contributed by atoms with Crippen LogP contribution in [-0.4, -0.2) is 13.0 Å². The van der Waals surface area contributed by atoms with Crippen LogP contribution in [0.25, 0.3) is 11.1 Å². The molecule has 3 rings (SSSR count). The van der Waals surface area contributed by atoms with Gasteiger partial charge in [-0.05, 0) is 60.1 Å². The molecule has 152 valence electrons. The molecule has 28 heavy (non-hydrogen) atoms. The van der Waals surface area contributed by atoms with E-state index in [1.165, 1.54) is 12.8 Å². The molecule has 7 heteroatoms. The molecule has 0 saturated heterocycles. The van der Waals surface area contributed by atoms with Crippen molar-refractivity contribution in [2.24, 2.45) is 11.8 Å². The van der Waals surface area contributed by atoms with Crippen molar-refractivity contribution in [3.63, 3.8) is 0 Å². The maximum Gasteiger partial charge on any atom is 0.573 e. The third-order valence-corrected chi connectivity index (χ3v) is 5.02. The molecular weight excluding hydrogens is 379 g/mol. The summed E-state index contributed by atoms with van der Waals surface area (Å²) in [5.41, 5.74) is 0.563. The molecule has 0 aromatic heterocycles. The molecule has 0 atom stereocenters. The smallest absolute Gasteiger partial charge is 0.493 e. The van der Waals surface area contributed by atoms with Gasteiger partial charge in [0.15, 0.2) is 11.6 Å². The molecule has 1 aliphatic carbocycles. The summed E-state index contributed by atoms with van der Waals surface area (Å²) in [7, 11) is 0. The van der Waals surface area contributed by atoms with Crippen molar-refractivity contribution in [1.82, 2.24) is 0 Å². The van der Waals surface area contributed by atoms with Gasteiger partial charge in [0.1, 0.15) is 5.75 Å². The maximum atomic E-state index is 13.9. The van der Waals surface area contributed by atoms with E-state index in [1.54, 1.807) is 24.3 Å². The van der Waals surface area contributed by atoms with E-state index in [0.29, 0.717) is 23.8 Å². The Morgan fingerprint density at radius 3 is 2.00 bits per heavy atom. The van der Waals surface area contributed by atoms with Crippen LogP contribution in [0.5, 0.6) is 11.5 Å². The summed E-state index contributed by atoms with van der Waals surface area (Å²) in [6.07, 6.45) is -0.469. The van der Waals surface area contributed by atoms with Crippen LogP contribution in [0.3, 0.4) is 0 Å². The summed E-state index contributed by atoms with van der Waals surface area (Å²) >= 11 is 0. The van der Waals surface area contributed by atoms with Gasteiger partial charge < -0.3 is 9.47 Å². The van der Waals surface area contributed by atoms with Gasteiger partial charge in [-0.25, -0.2) is 8.78 Å². The topological polar surface area (TPSA) is 18.5 Å². The lowest BCUT2D eigenvalue weighted by atomic mass is 9.83. The van der Waals surface area contributed by atoms with Crippen LogP contribution >= 0.6 is 0 Å². The first-order valence-corrected chi connectivity index (χ1v) is 9.19. The first kappa shape index (κ1) is 20.4. The second-order valence-electron chi connectivity index (χ2n) is 7.28. The van der Waals surface area contributed by atoms with E-state index in [1.807, 2.05) is 0 Å². The SMILES string of the molecule is CC1CCC(COc2ccc(-c3cc(F)c(OC(F)(F)F)c(F)c3)cc2)CC1. The van der Waals surface area contributed by atoms with Gasteiger partial charge in [0.05, 0.1) is 6.61 Å². The molecule has 0 amide bonds. The van der Waals surface area contributed by atoms with Crippen molar-refractivity contribution < 1.29 is 31.4 Å². The van der Waals surface area contributed by atoms with E-state index in [2.05, 4.69) is 11.7 Å². The molecule has 0 spiro atoms. The van der Waals surface area contributed by atoms with Crippen LogP contribution in [-0.2, 0) is 0 Å². The van der Waals surface area contributed by atoms with Crippen LogP contribution in [0, 0.1) is 23.5 Å². The van der Waals surface area contributed by atoms with Crippen molar-refractivity contribution in [3.05, 3.63) is 48.0 Å². The second-order valence-corrected chi connectivity index (χ2v) is 7.28. The van der Waals surface area contributed by atoms with E-state index < -0.39 is 23.7 Å². The van der Waals surface area contributed by atoms with Gasteiger partial charge in [-0.1, -0.05) is 31.9 Å². The van der Waals surface area contributed by atoms with Crippen LogP contribution in [0.2, 0.25) is 0 Å². The lowest BCUT2D eigenvalue weighted by Gasteiger charge is -2.26. The highest BCUT2D eigenvalue weighted by Crippen LogP contribution is 2.33. The molecule has 1 saturated carbocycles. The highest BCUT2D eigenvalue weighted by Gasteiger charge is 2.34. The number of hydrogen-bond acceptors (Lipinski definition) is 2. The number of ether oxygens (including phenoxy) is 2. The molecule has 0 bridgehead atoms. The third-order valence-electron chi connectivity index (χ3n) is 5.02. The Hall–Kier alpha value is -2.31. The van der Waals surface area contributed by atoms with E-state index in [0.717, 1.165) is 30.9 Å². The van der Waals surface area contributed by atoms with Crippen LogP contribution in [0.15, 0.2) is 36.4 Å². The number of hydrogen-bond donors (Lipinski definition) is 0. The van der Waals surface area contributed by atoms with Gasteiger partial charge >= 0.3 is 6.36 Å². The summed E-state index contributed by atoms with van der Waals surface area (Å²) in [5, 5.41) is 0. The Bertz CT molecular complexity index is 770. The van der Waals surface area contributed by atoms with Gasteiger partial charge in [-0.3, -0.25) is 0 Å². The number of alkyl halides is 3. The quantitative estimate of drug-likeness (QED) is 0.518. The Morgan fingerprint density at radius 2 is 1.46 bits per heavy atom. The first-order chi connectivity index (χ1) is 13.2. The molecular formula is C21H21F5O2. The molecule has 1 aliphatic rings. The predicted molar refractivity (Wildman–Crippen MR) is 95.1 cm³/mol. The molecule has 0 N–H and O–H groups in total. The molecule has 0 radical (unpaired) electrons. The summed E-state index contributed by atoms with van der Waals surface area (Å²) in [6, 6.07) is 8.19. The van der Waals surface area contributed by atoms with Gasteiger partial charge in [-0.15, -0.1) is 13.2 Å². The molecule has 0 unspecified atom stereocenters. The Kier molecular flexibility index (Phi) is 6.10. The highest BCUT2D eigenvalue weighted by atomic mass is 19.4. The van der Waals surface area contributed by atoms with E-state index >= 15 is 0 Å². The zero-order valence-electron chi connectivity index (χ0n) is 15.4. The van der Waals surface area contributed by atoms with Crippen LogP contribution < -0.4 is 9.47 Å². The van der Waals surface area contributed by atoms with Crippen molar-refractivity contribution in [2.45, 2.75) is 39.0 Å². The van der Waals surface area contributed by atoms with Crippen molar-refractivity contribution in [3.8, 4) is 22.6 Å². The van der Waals surface area contributed by atoms with E-state index in [9.17, 15) is 22.0 Å². The Labute approximate surface area is 160 Å². The fourth-order valence-corrected chi connectivity index (χ4v) is 3.39. The van der Waals surface area contributed by atoms with Gasteiger partial charge in [0.2, 0.25) is 5.75 Å². The summed E-state index contributed by atoms with van der Waals surface area (Å²) in [4.78, 5) is 0. The monoisotopic (exact) mass is 400 g/mol. The predicted octanol–water partition coefficient (Wildman–Crippen LogP) is 6.74. The first-order valence-electron chi connectivity index (χ1n) is 9.19. The molecule has 2 aromatic rings. The summed E-state index contributed by atoms with van der Waals surface area (Å²) in [5.74, 6) is -2.36. The highest BCUT2D eigenvalue weighted by molar-refractivity contribution is 5.65. The van der Waals surface area contributed by atoms with Crippen molar-refractivity contribution >= 4 is 0 Å². The largest absolute Gasteiger partial charge is 0.573 e. The average molecular weight is 400 g/mol. The standard InChI is InChI=1S/C21H21F5O2/c1-13-2-4-14(5-3-13)12-27-17-8-6-15(7-9-17)16-10-18(22)20(19(23)11-16)28-21(24,25)26/h6-11,13-14H,2-5,12H2,1H3. The molecule has 0 heterocycles. The van der Waals surface area contributed by atoms with Gasteiger partial charge in [0, 0.05) is 0 Å². The molecule has 2 nitrogen and oxygen atoms in total. The zero-order chi connectivity index (χ0) is 20.3. The Morgan fingerprint density at radius 1 is 0.893 bits per heavy atom. The lowest BCUT2D eigenvalue weighted by molar-refractivity contribution is -0.276. The van der Waals surface area contributed by atoms with Crippen molar-refractivity contribution in [2.75, 3.05) is 6.61 Å². The van der Waals surface area contributed by atoms with Gasteiger partial charge in [0.25, 0.3) is 0 Å². The average Bonchev–Trinajstić information content (AvgIpc) is 2.64. The summed E-state index contributed by atoms with van der Waals surface area (Å²) < 4.78 is 73.6. The fraction of sp³-hybridized carbons (Fsp3) is 0.429. The van der Waals surface area contributed by atoms with E-state index in [4.69, 9.17) is 4.74 Å². The van der Waals surface area contributed by atoms with Crippen LogP contribution in [0.1, 0.15) is 32.6 Å². The zero-order valence-corrected chi connectivity index (χ0v) is 15.4. The molecule has 1 fully saturated rings. The molecule has 0 aliphatic heterocycles. The lowest BCUT2D eigenvalue weighted by Crippen LogP contribution is -2.19. The minimum absolute atomic E-state index is 0.109. The maximum absolute atomic E-state index is 13.9. The second kappa shape index (κ2) is 8.37. The van der Waals surface area contributed by atoms with Crippen LogP contribution in [0.4, 0.5) is 22.0 Å². The van der Waals surface area contributed by atoms with E-state index in [-0.39, 0.29) is 5.56 Å². The number of benzene rings is 2. The Balaban J connectivity index is 1.66. The normalized spacial score (nSPS) is 20.1. The number of rotatable bonds is 5. The minimum atomic E-state index is -5.17. The number of halogens is 5. The van der Waals surface area contributed by atoms with Crippen molar-refractivity contribution in [1.29, 1.82) is 0 Å². The third kappa shape index (κ3) is 5.36. The summed E-state index contributed by atoms with van der Waals surface area (Å²) in [6.45, 7) is 2.88. The minimum Gasteiger partial charge on any atom is -0.493 e.